The van der Waals surface area contributed by atoms with Crippen LogP contribution in [-0.2, 0) is 4.79 Å². The molecule has 0 radical (unpaired) electrons. The molecule has 0 aliphatic heterocycles. The highest BCUT2D eigenvalue weighted by atomic mass is 16.5. The van der Waals surface area contributed by atoms with Crippen LogP contribution in [0.4, 0.5) is 0 Å². The van der Waals surface area contributed by atoms with Gasteiger partial charge < -0.3 is 14.6 Å². The van der Waals surface area contributed by atoms with Crippen LogP contribution in [0.1, 0.15) is 69.8 Å². The lowest BCUT2D eigenvalue weighted by molar-refractivity contribution is -0.306. The van der Waals surface area contributed by atoms with Crippen molar-refractivity contribution < 1.29 is 14.6 Å². The summed E-state index contributed by atoms with van der Waals surface area (Å²) in [6, 6.07) is 7.72. The van der Waals surface area contributed by atoms with E-state index in [1.807, 2.05) is 31.2 Å². The molecule has 26 heavy (non-hydrogen) atoms. The highest BCUT2D eigenvalue weighted by Crippen LogP contribution is 2.47. The van der Waals surface area contributed by atoms with Crippen molar-refractivity contribution in [3.63, 3.8) is 0 Å². The Hall–Kier alpha value is -2.03. The van der Waals surface area contributed by atoms with Crippen molar-refractivity contribution >= 4 is 5.97 Å². The molecule has 1 atom stereocenters. The Labute approximate surface area is 156 Å². The molecule has 3 heteroatoms. The Kier molecular flexibility index (Phi) is 5.85. The third-order valence-corrected chi connectivity index (χ3v) is 5.95. The highest BCUT2D eigenvalue weighted by Gasteiger charge is 2.33. The zero-order chi connectivity index (χ0) is 18.6. The third-order valence-electron chi connectivity index (χ3n) is 5.95. The minimum atomic E-state index is -1.05. The van der Waals surface area contributed by atoms with Gasteiger partial charge in [-0.2, -0.15) is 0 Å². The van der Waals surface area contributed by atoms with Gasteiger partial charge in [-0.1, -0.05) is 43.2 Å². The van der Waals surface area contributed by atoms with Crippen LogP contribution in [-0.4, -0.2) is 12.6 Å². The summed E-state index contributed by atoms with van der Waals surface area (Å²) in [5.74, 6) is -0.435. The van der Waals surface area contributed by atoms with E-state index in [-0.39, 0.29) is 12.3 Å². The summed E-state index contributed by atoms with van der Waals surface area (Å²) >= 11 is 0. The molecular weight excluding hydrogens is 324 g/mol. The van der Waals surface area contributed by atoms with Gasteiger partial charge >= 0.3 is 0 Å². The van der Waals surface area contributed by atoms with Crippen LogP contribution in [0.2, 0.25) is 0 Å². The van der Waals surface area contributed by atoms with Gasteiger partial charge in [-0.15, -0.1) is 0 Å². The van der Waals surface area contributed by atoms with E-state index in [9.17, 15) is 9.90 Å². The second-order valence-electron chi connectivity index (χ2n) is 8.06. The third kappa shape index (κ3) is 4.57. The van der Waals surface area contributed by atoms with Gasteiger partial charge in [-0.05, 0) is 74.1 Å². The van der Waals surface area contributed by atoms with Crippen molar-refractivity contribution in [2.75, 3.05) is 6.61 Å². The van der Waals surface area contributed by atoms with Gasteiger partial charge in [0.1, 0.15) is 12.4 Å². The molecule has 2 aliphatic carbocycles. The van der Waals surface area contributed by atoms with Gasteiger partial charge in [0.2, 0.25) is 0 Å². The van der Waals surface area contributed by atoms with Gasteiger partial charge in [-0.3, -0.25) is 0 Å². The molecule has 0 unspecified atom stereocenters. The number of allylic oxidation sites excluding steroid dienone is 2. The van der Waals surface area contributed by atoms with Crippen LogP contribution in [0.25, 0.3) is 0 Å². The van der Waals surface area contributed by atoms with Crippen LogP contribution >= 0.6 is 0 Å². The maximum atomic E-state index is 11.0. The monoisotopic (exact) mass is 353 g/mol. The first kappa shape index (κ1) is 18.8. The minimum absolute atomic E-state index is 0.0372. The Morgan fingerprint density at radius 3 is 2.46 bits per heavy atom. The molecule has 3 rings (SSSR count). The van der Waals surface area contributed by atoms with Crippen LogP contribution in [0.3, 0.4) is 0 Å². The summed E-state index contributed by atoms with van der Waals surface area (Å²) in [7, 11) is 0. The fourth-order valence-electron chi connectivity index (χ4n) is 4.55. The molecule has 3 nitrogen and oxygen atoms in total. The van der Waals surface area contributed by atoms with Crippen LogP contribution < -0.4 is 9.84 Å². The molecular formula is C23H29O3-. The van der Waals surface area contributed by atoms with Gasteiger partial charge in [0.05, 0.1) is 0 Å². The van der Waals surface area contributed by atoms with Crippen molar-refractivity contribution in [3.05, 3.63) is 53.6 Å². The Morgan fingerprint density at radius 1 is 1.19 bits per heavy atom. The average molecular weight is 353 g/mol. The first-order chi connectivity index (χ1) is 12.5. The number of carbonyl (C=O) groups is 1. The molecule has 0 heterocycles. The molecule has 1 aromatic rings. The van der Waals surface area contributed by atoms with Crippen molar-refractivity contribution in [2.24, 2.45) is 5.41 Å². The van der Waals surface area contributed by atoms with Crippen LogP contribution in [0, 0.1) is 5.41 Å². The van der Waals surface area contributed by atoms with Crippen molar-refractivity contribution in [1.29, 1.82) is 0 Å². The van der Waals surface area contributed by atoms with E-state index in [0.29, 0.717) is 12.0 Å². The molecule has 140 valence electrons. The zero-order valence-corrected chi connectivity index (χ0v) is 15.8. The molecule has 0 amide bonds. The Bertz CT molecular complexity index is 678. The number of hydrogen-bond donors (Lipinski definition) is 0. The fourth-order valence-corrected chi connectivity index (χ4v) is 4.55. The Morgan fingerprint density at radius 2 is 1.85 bits per heavy atom. The first-order valence-electron chi connectivity index (χ1n) is 9.76. The lowest BCUT2D eigenvalue weighted by Gasteiger charge is -2.31. The molecule has 0 bridgehead atoms. The number of hydrogen-bond acceptors (Lipinski definition) is 3. The second-order valence-corrected chi connectivity index (χ2v) is 8.06. The molecule has 1 fully saturated rings. The molecule has 2 aliphatic rings. The summed E-state index contributed by atoms with van der Waals surface area (Å²) < 4.78 is 6.01. The lowest BCUT2D eigenvalue weighted by Crippen LogP contribution is -2.24. The maximum Gasteiger partial charge on any atom is 0.119 e. The number of carbonyl (C=O) groups excluding carboxylic acids is 1. The van der Waals surface area contributed by atoms with E-state index in [2.05, 4.69) is 12.7 Å². The van der Waals surface area contributed by atoms with Crippen LogP contribution in [0.5, 0.6) is 5.75 Å². The predicted octanol–water partition coefficient (Wildman–Crippen LogP) is 4.54. The van der Waals surface area contributed by atoms with Crippen molar-refractivity contribution in [2.45, 2.75) is 64.2 Å². The molecule has 0 aromatic heterocycles. The Balaban J connectivity index is 1.61. The standard InChI is InChI=1S/C23H30O3/c1-17(2)21(14-22(24)25)19-7-9-20(10-8-19)26-16-18-6-5-13-23(15-18)11-3-4-12-23/h7-10,15,21H,1,3-6,11-14,16H2,2H3,(H,24,25)/p-1/t21-/m1/s1. The van der Waals surface area contributed by atoms with E-state index >= 15 is 0 Å². The van der Waals surface area contributed by atoms with Gasteiger partial charge in [0.25, 0.3) is 0 Å². The van der Waals surface area contributed by atoms with E-state index in [1.165, 1.54) is 44.1 Å². The smallest absolute Gasteiger partial charge is 0.119 e. The van der Waals surface area contributed by atoms with E-state index in [0.717, 1.165) is 23.3 Å². The maximum absolute atomic E-state index is 11.0. The number of ether oxygens (including phenoxy) is 1. The highest BCUT2D eigenvalue weighted by molar-refractivity contribution is 5.66. The van der Waals surface area contributed by atoms with Crippen molar-refractivity contribution in [1.82, 2.24) is 0 Å². The molecule has 0 N–H and O–H groups in total. The molecule has 1 spiro atoms. The van der Waals surface area contributed by atoms with Gasteiger partial charge in [0.15, 0.2) is 0 Å². The molecule has 0 saturated heterocycles. The first-order valence-corrected chi connectivity index (χ1v) is 9.76. The lowest BCUT2D eigenvalue weighted by atomic mass is 9.75. The predicted molar refractivity (Wildman–Crippen MR) is 102 cm³/mol. The summed E-state index contributed by atoms with van der Waals surface area (Å²) in [5.41, 5.74) is 3.66. The average Bonchev–Trinajstić information content (AvgIpc) is 3.06. The molecule has 1 saturated carbocycles. The van der Waals surface area contributed by atoms with E-state index in [4.69, 9.17) is 4.74 Å². The normalized spacial score (nSPS) is 19.8. The summed E-state index contributed by atoms with van der Waals surface area (Å²) in [5, 5.41) is 11.0. The van der Waals surface area contributed by atoms with Gasteiger partial charge in [0, 0.05) is 11.9 Å². The van der Waals surface area contributed by atoms with E-state index in [1.54, 1.807) is 0 Å². The quantitative estimate of drug-likeness (QED) is 0.676. The summed E-state index contributed by atoms with van der Waals surface area (Å²) in [4.78, 5) is 11.0. The van der Waals surface area contributed by atoms with E-state index < -0.39 is 5.97 Å². The zero-order valence-electron chi connectivity index (χ0n) is 15.8. The summed E-state index contributed by atoms with van der Waals surface area (Å²) in [6.07, 6.45) is 11.6. The topological polar surface area (TPSA) is 49.4 Å². The number of carboxylic acid groups (broad SMARTS) is 1. The summed E-state index contributed by atoms with van der Waals surface area (Å²) in [6.45, 7) is 6.42. The van der Waals surface area contributed by atoms with Crippen LogP contribution in [0.15, 0.2) is 48.1 Å². The van der Waals surface area contributed by atoms with Crippen molar-refractivity contribution in [3.8, 4) is 5.75 Å². The number of rotatable bonds is 7. The van der Waals surface area contributed by atoms with Gasteiger partial charge in [-0.25, -0.2) is 0 Å². The largest absolute Gasteiger partial charge is 0.550 e. The minimum Gasteiger partial charge on any atom is -0.550 e. The number of carboxylic acids is 1. The molecule has 1 aromatic carbocycles. The SMILES string of the molecule is C=C(C)[C@@H](CC(=O)[O-])c1ccc(OCC2=CC3(CCCC3)CCC2)cc1. The fraction of sp³-hybridized carbons (Fsp3) is 0.522. The second kappa shape index (κ2) is 8.11. The number of benzene rings is 1. The number of aliphatic carboxylic acids is 1.